The molecule has 0 fully saturated rings. The molecule has 0 radical (unpaired) electrons. The molecule has 2 rings (SSSR count). The van der Waals surface area contributed by atoms with Crippen molar-refractivity contribution in [3.8, 4) is 0 Å². The molecule has 2 unspecified atom stereocenters. The average molecular weight is 440 g/mol. The number of anilines is 1. The largest absolute Gasteiger partial charge is 0.421 e. The summed E-state index contributed by atoms with van der Waals surface area (Å²) < 4.78 is 53.6. The summed E-state index contributed by atoms with van der Waals surface area (Å²) in [4.78, 5) is 0.296. The zero-order chi connectivity index (χ0) is 20.6. The van der Waals surface area contributed by atoms with Crippen LogP contribution in [0.4, 0.5) is 18.9 Å². The smallest absolute Gasteiger partial charge is 0.376 e. The minimum absolute atomic E-state index is 0.255. The quantitative estimate of drug-likeness (QED) is 0.648. The Bertz CT molecular complexity index is 839. The molecule has 2 atom stereocenters. The molecule has 27 heavy (non-hydrogen) atoms. The molecule has 2 aromatic carbocycles. The highest BCUT2D eigenvalue weighted by atomic mass is 35.5. The van der Waals surface area contributed by atoms with Crippen LogP contribution < -0.4 is 4.31 Å². The summed E-state index contributed by atoms with van der Waals surface area (Å²) in [6, 6.07) is 9.41. The summed E-state index contributed by atoms with van der Waals surface area (Å²) in [5.74, 6) is 0. The molecule has 0 spiro atoms. The van der Waals surface area contributed by atoms with Gasteiger partial charge >= 0.3 is 6.18 Å². The van der Waals surface area contributed by atoms with Crippen molar-refractivity contribution in [1.29, 1.82) is 0 Å². The van der Waals surface area contributed by atoms with E-state index in [9.17, 15) is 22.5 Å². The third kappa shape index (κ3) is 4.59. The average Bonchev–Trinajstić information content (AvgIpc) is 2.56. The summed E-state index contributed by atoms with van der Waals surface area (Å²) in [7, 11) is -1.74. The normalized spacial score (nSPS) is 15.5. The van der Waals surface area contributed by atoms with Crippen molar-refractivity contribution in [3.05, 3.63) is 58.1 Å². The van der Waals surface area contributed by atoms with Crippen LogP contribution >= 0.6 is 23.2 Å². The molecule has 0 amide bonds. The van der Waals surface area contributed by atoms with Crippen LogP contribution in [-0.2, 0) is 16.6 Å². The number of hydrogen-bond acceptors (Lipinski definition) is 2. The second kappa shape index (κ2) is 7.99. The number of alkyl halides is 3. The second-order valence-corrected chi connectivity index (χ2v) is 8.54. The van der Waals surface area contributed by atoms with Gasteiger partial charge in [-0.25, -0.2) is 4.21 Å². The zero-order valence-corrected chi connectivity index (χ0v) is 17.0. The van der Waals surface area contributed by atoms with E-state index in [1.807, 2.05) is 0 Å². The Morgan fingerprint density at radius 2 is 1.63 bits per heavy atom. The van der Waals surface area contributed by atoms with Gasteiger partial charge < -0.3 is 5.11 Å². The van der Waals surface area contributed by atoms with E-state index in [0.717, 1.165) is 12.1 Å². The van der Waals surface area contributed by atoms with Crippen molar-refractivity contribution in [2.45, 2.75) is 43.5 Å². The molecule has 0 heterocycles. The molecule has 2 aromatic rings. The third-order valence-electron chi connectivity index (χ3n) is 3.96. The van der Waals surface area contributed by atoms with E-state index >= 15 is 0 Å². The second-order valence-electron chi connectivity index (χ2n) is 6.36. The van der Waals surface area contributed by atoms with Crippen LogP contribution in [-0.4, -0.2) is 21.5 Å². The van der Waals surface area contributed by atoms with Gasteiger partial charge in [-0.15, -0.1) is 0 Å². The van der Waals surface area contributed by atoms with Crippen LogP contribution in [0.1, 0.15) is 26.3 Å². The molecule has 0 saturated carbocycles. The summed E-state index contributed by atoms with van der Waals surface area (Å²) in [6.45, 7) is 4.26. The third-order valence-corrected chi connectivity index (χ3v) is 6.35. The molecule has 0 aromatic heterocycles. The number of halogens is 5. The summed E-state index contributed by atoms with van der Waals surface area (Å²) in [5.41, 5.74) is -2.88. The van der Waals surface area contributed by atoms with E-state index in [1.54, 1.807) is 19.9 Å². The first-order chi connectivity index (χ1) is 12.4. The highest BCUT2D eigenvalue weighted by Crippen LogP contribution is 2.39. The topological polar surface area (TPSA) is 40.5 Å². The van der Waals surface area contributed by atoms with Gasteiger partial charge in [0.15, 0.2) is 16.6 Å². The van der Waals surface area contributed by atoms with E-state index < -0.39 is 22.8 Å². The van der Waals surface area contributed by atoms with Crippen LogP contribution in [0.5, 0.6) is 0 Å². The van der Waals surface area contributed by atoms with Gasteiger partial charge in [0, 0.05) is 16.8 Å². The van der Waals surface area contributed by atoms with Gasteiger partial charge in [-0.1, -0.05) is 35.3 Å². The monoisotopic (exact) mass is 439 g/mol. The first-order valence-corrected chi connectivity index (χ1v) is 9.78. The molecule has 0 bridgehead atoms. The van der Waals surface area contributed by atoms with Crippen LogP contribution in [0, 0.1) is 0 Å². The molecule has 0 aliphatic heterocycles. The molecule has 148 valence electrons. The fourth-order valence-corrected chi connectivity index (χ4v) is 4.32. The fourth-order valence-electron chi connectivity index (χ4n) is 2.40. The van der Waals surface area contributed by atoms with Crippen LogP contribution in [0.15, 0.2) is 47.4 Å². The maximum atomic E-state index is 13.1. The lowest BCUT2D eigenvalue weighted by Gasteiger charge is -2.30. The highest BCUT2D eigenvalue weighted by molar-refractivity contribution is 7.86. The molecule has 0 aliphatic rings. The molecular weight excluding hydrogens is 422 g/mol. The predicted molar refractivity (Wildman–Crippen MR) is 103 cm³/mol. The minimum Gasteiger partial charge on any atom is -0.376 e. The van der Waals surface area contributed by atoms with Gasteiger partial charge in [-0.3, -0.25) is 4.31 Å². The van der Waals surface area contributed by atoms with E-state index in [-0.39, 0.29) is 16.6 Å². The number of nitrogens with zero attached hydrogens (tertiary/aromatic N) is 1. The number of hydrogen-bond donors (Lipinski definition) is 1. The molecular formula is C18H18Cl2F3NO2S. The van der Waals surface area contributed by atoms with Gasteiger partial charge in [0.05, 0.1) is 9.92 Å². The first-order valence-electron chi connectivity index (χ1n) is 7.92. The lowest BCUT2D eigenvalue weighted by Crippen LogP contribution is -2.39. The minimum atomic E-state index is -4.82. The van der Waals surface area contributed by atoms with Gasteiger partial charge in [-0.2, -0.15) is 13.2 Å². The number of benzene rings is 2. The van der Waals surface area contributed by atoms with Crippen LogP contribution in [0.3, 0.4) is 0 Å². The maximum Gasteiger partial charge on any atom is 0.421 e. The van der Waals surface area contributed by atoms with E-state index in [2.05, 4.69) is 0 Å². The predicted octanol–water partition coefficient (Wildman–Crippen LogP) is 5.70. The van der Waals surface area contributed by atoms with Crippen LogP contribution in [0.25, 0.3) is 0 Å². The summed E-state index contributed by atoms with van der Waals surface area (Å²) >= 11 is 12.1. The maximum absolute atomic E-state index is 13.1. The van der Waals surface area contributed by atoms with Gasteiger partial charge in [0.2, 0.25) is 0 Å². The zero-order valence-electron chi connectivity index (χ0n) is 14.7. The van der Waals surface area contributed by atoms with Crippen molar-refractivity contribution in [2.75, 3.05) is 4.31 Å². The Morgan fingerprint density at radius 3 is 2.11 bits per heavy atom. The van der Waals surface area contributed by atoms with Gasteiger partial charge in [0.25, 0.3) is 0 Å². The molecule has 3 nitrogen and oxygen atoms in total. The number of rotatable bonds is 5. The van der Waals surface area contributed by atoms with E-state index in [0.29, 0.717) is 22.5 Å². The Morgan fingerprint density at radius 1 is 1.07 bits per heavy atom. The van der Waals surface area contributed by atoms with Crippen molar-refractivity contribution < 1.29 is 22.5 Å². The summed E-state index contributed by atoms with van der Waals surface area (Å²) in [5, 5.41) is 10.4. The fraction of sp³-hybridized carbons (Fsp3) is 0.333. The molecule has 0 saturated heterocycles. The Hall–Kier alpha value is -1.28. The molecule has 0 aliphatic carbocycles. The SMILES string of the molecule is CC(C)N(c1ccc(C(C)(O)C(F)(F)F)cc1)S(=O)c1cc(Cl)ccc1Cl. The molecule has 1 N–H and O–H groups in total. The van der Waals surface area contributed by atoms with E-state index in [1.165, 1.54) is 28.6 Å². The highest BCUT2D eigenvalue weighted by Gasteiger charge is 2.51. The van der Waals surface area contributed by atoms with Crippen LogP contribution in [0.2, 0.25) is 10.0 Å². The number of aliphatic hydroxyl groups is 1. The molecule has 9 heteroatoms. The van der Waals surface area contributed by atoms with Crippen molar-refractivity contribution in [1.82, 2.24) is 0 Å². The summed E-state index contributed by atoms with van der Waals surface area (Å²) in [6.07, 6.45) is -4.82. The first kappa shape index (κ1) is 22.0. The standard InChI is InChI=1S/C18H18Cl2F3NO2S/c1-11(2)24(27(26)16-10-13(19)6-9-15(16)20)14-7-4-12(5-8-14)17(3,25)18(21,22)23/h4-11,25H,1-3H3. The van der Waals surface area contributed by atoms with Crippen molar-refractivity contribution in [2.24, 2.45) is 0 Å². The van der Waals surface area contributed by atoms with Gasteiger partial charge in [0.1, 0.15) is 0 Å². The Kier molecular flexibility index (Phi) is 6.52. The van der Waals surface area contributed by atoms with Crippen molar-refractivity contribution >= 4 is 39.9 Å². The Balaban J connectivity index is 2.43. The Labute approximate surface area is 168 Å². The van der Waals surface area contributed by atoms with Gasteiger partial charge in [-0.05, 0) is 56.7 Å². The lowest BCUT2D eigenvalue weighted by atomic mass is 9.95. The van der Waals surface area contributed by atoms with E-state index in [4.69, 9.17) is 23.2 Å². The van der Waals surface area contributed by atoms with Crippen molar-refractivity contribution in [3.63, 3.8) is 0 Å². The lowest BCUT2D eigenvalue weighted by molar-refractivity contribution is -0.258.